The third-order valence-corrected chi connectivity index (χ3v) is 5.29. The van der Waals surface area contributed by atoms with Crippen molar-refractivity contribution in [3.63, 3.8) is 0 Å². The van der Waals surface area contributed by atoms with Gasteiger partial charge in [-0.1, -0.05) is 24.3 Å². The van der Waals surface area contributed by atoms with Crippen LogP contribution in [0, 0.1) is 17.1 Å². The number of amides is 2. The first kappa shape index (κ1) is 19.5. The van der Waals surface area contributed by atoms with Crippen molar-refractivity contribution in [2.24, 2.45) is 0 Å². The molecular weight excluding hydrogens is 383 g/mol. The smallest absolute Gasteiger partial charge is 0.252 e. The Morgan fingerprint density at radius 2 is 1.93 bits per heavy atom. The van der Waals surface area contributed by atoms with Crippen molar-refractivity contribution < 1.29 is 14.0 Å². The number of halogens is 1. The summed E-state index contributed by atoms with van der Waals surface area (Å²) < 4.78 is 13.2. The molecule has 6 nitrogen and oxygen atoms in total. The second kappa shape index (κ2) is 8.29. The average Bonchev–Trinajstić information content (AvgIpc) is 3.26. The summed E-state index contributed by atoms with van der Waals surface area (Å²) in [5.74, 6) is -0.941. The predicted molar refractivity (Wildman–Crippen MR) is 110 cm³/mol. The molecule has 1 saturated heterocycles. The van der Waals surface area contributed by atoms with Crippen LogP contribution >= 0.6 is 0 Å². The van der Waals surface area contributed by atoms with Crippen LogP contribution in [0.3, 0.4) is 0 Å². The lowest BCUT2D eigenvalue weighted by Crippen LogP contribution is -2.42. The lowest BCUT2D eigenvalue weighted by Gasteiger charge is -2.19. The number of nitriles is 1. The zero-order valence-corrected chi connectivity index (χ0v) is 16.1. The van der Waals surface area contributed by atoms with E-state index < -0.39 is 6.04 Å². The molecular formula is C23H19FN4O2. The number of hydrogen-bond donors (Lipinski definition) is 1. The van der Waals surface area contributed by atoms with Gasteiger partial charge in [-0.15, -0.1) is 0 Å². The summed E-state index contributed by atoms with van der Waals surface area (Å²) in [6.07, 6.45) is 3.00. The van der Waals surface area contributed by atoms with Crippen LogP contribution in [0.1, 0.15) is 23.2 Å². The normalized spacial score (nSPS) is 15.7. The molecule has 3 aromatic rings. The number of carbonyl (C=O) groups is 2. The molecule has 2 amide bonds. The minimum Gasteiger partial charge on any atom is -0.343 e. The number of pyridine rings is 1. The maximum absolute atomic E-state index is 13.2. The largest absolute Gasteiger partial charge is 0.343 e. The number of nitrogens with zero attached hydrogens (tertiary/aromatic N) is 3. The summed E-state index contributed by atoms with van der Waals surface area (Å²) >= 11 is 0. The van der Waals surface area contributed by atoms with Crippen LogP contribution in [-0.2, 0) is 4.79 Å². The molecule has 30 heavy (non-hydrogen) atoms. The lowest BCUT2D eigenvalue weighted by molar-refractivity contribution is -0.130. The van der Waals surface area contributed by atoms with Crippen molar-refractivity contribution in [3.8, 4) is 17.2 Å². The van der Waals surface area contributed by atoms with E-state index in [1.165, 1.54) is 17.0 Å². The average molecular weight is 402 g/mol. The van der Waals surface area contributed by atoms with Crippen molar-refractivity contribution in [3.05, 3.63) is 66.1 Å². The van der Waals surface area contributed by atoms with Gasteiger partial charge in [0.25, 0.3) is 5.91 Å². The number of carbonyl (C=O) groups excluding carboxylic acids is 2. The molecule has 1 N–H and O–H groups in total. The van der Waals surface area contributed by atoms with Gasteiger partial charge in [-0.05, 0) is 48.2 Å². The van der Waals surface area contributed by atoms with E-state index >= 15 is 0 Å². The van der Waals surface area contributed by atoms with Gasteiger partial charge in [0, 0.05) is 18.1 Å². The fraction of sp³-hybridized carbons (Fsp3) is 0.217. The van der Waals surface area contributed by atoms with Gasteiger partial charge in [0.1, 0.15) is 11.9 Å². The predicted octanol–water partition coefficient (Wildman–Crippen LogP) is 3.29. The fourth-order valence-corrected chi connectivity index (χ4v) is 3.72. The van der Waals surface area contributed by atoms with E-state index in [0.29, 0.717) is 29.4 Å². The summed E-state index contributed by atoms with van der Waals surface area (Å²) in [6.45, 7) is 0.381. The Hall–Kier alpha value is -3.79. The van der Waals surface area contributed by atoms with Gasteiger partial charge in [-0.3, -0.25) is 14.6 Å². The number of hydrogen-bond acceptors (Lipinski definition) is 4. The second-order valence-electron chi connectivity index (χ2n) is 7.15. The topological polar surface area (TPSA) is 86.1 Å². The Labute approximate surface area is 172 Å². The summed E-state index contributed by atoms with van der Waals surface area (Å²) in [6, 6.07) is 15.0. The van der Waals surface area contributed by atoms with E-state index in [-0.39, 0.29) is 24.2 Å². The van der Waals surface area contributed by atoms with Gasteiger partial charge in [0.05, 0.1) is 23.7 Å². The number of fused-ring (bicyclic) bond motifs is 1. The van der Waals surface area contributed by atoms with Crippen LogP contribution in [-0.4, -0.2) is 40.8 Å². The Kier molecular flexibility index (Phi) is 5.40. The Morgan fingerprint density at radius 3 is 2.70 bits per heavy atom. The molecule has 1 fully saturated rings. The van der Waals surface area contributed by atoms with Gasteiger partial charge >= 0.3 is 0 Å². The molecule has 0 bridgehead atoms. The quantitative estimate of drug-likeness (QED) is 0.726. The Morgan fingerprint density at radius 1 is 1.17 bits per heavy atom. The van der Waals surface area contributed by atoms with E-state index in [1.807, 2.05) is 12.1 Å². The number of nitrogens with one attached hydrogen (secondary N) is 1. The highest BCUT2D eigenvalue weighted by atomic mass is 19.1. The molecule has 4 rings (SSSR count). The van der Waals surface area contributed by atoms with Gasteiger partial charge in [-0.25, -0.2) is 4.39 Å². The highest BCUT2D eigenvalue weighted by Gasteiger charge is 2.28. The van der Waals surface area contributed by atoms with Gasteiger partial charge in [-0.2, -0.15) is 5.26 Å². The SMILES string of the molecule is N#C[C@@H]1CCCN1C(=O)CNC(=O)c1ccnc2cc(-c3ccc(F)cc3)ccc12. The highest BCUT2D eigenvalue weighted by Crippen LogP contribution is 2.25. The maximum atomic E-state index is 13.2. The molecule has 2 aromatic carbocycles. The fourth-order valence-electron chi connectivity index (χ4n) is 3.72. The molecule has 0 unspecified atom stereocenters. The molecule has 0 radical (unpaired) electrons. The van der Waals surface area contributed by atoms with Crippen LogP contribution in [0.25, 0.3) is 22.0 Å². The Bertz CT molecular complexity index is 1150. The van der Waals surface area contributed by atoms with Crippen molar-refractivity contribution in [1.82, 2.24) is 15.2 Å². The first-order chi connectivity index (χ1) is 14.6. The number of rotatable bonds is 4. The molecule has 0 aliphatic carbocycles. The monoisotopic (exact) mass is 402 g/mol. The molecule has 1 aliphatic heterocycles. The molecule has 1 aromatic heterocycles. The molecule has 0 spiro atoms. The minimum atomic E-state index is -0.416. The van der Waals surface area contributed by atoms with Crippen molar-refractivity contribution in [2.75, 3.05) is 13.1 Å². The van der Waals surface area contributed by atoms with E-state index in [2.05, 4.69) is 16.4 Å². The Balaban J connectivity index is 1.52. The minimum absolute atomic E-state index is 0.158. The van der Waals surface area contributed by atoms with E-state index in [4.69, 9.17) is 5.26 Å². The zero-order chi connectivity index (χ0) is 21.1. The zero-order valence-electron chi connectivity index (χ0n) is 16.1. The van der Waals surface area contributed by atoms with Gasteiger partial charge < -0.3 is 10.2 Å². The standard InChI is InChI=1S/C23H19FN4O2/c24-17-6-3-15(4-7-17)16-5-8-19-20(9-10-26-21(19)12-16)23(30)27-14-22(29)28-11-1-2-18(28)13-25/h3-10,12,18H,1-2,11,14H2,(H,27,30)/t18-/m0/s1. The maximum Gasteiger partial charge on any atom is 0.252 e. The molecule has 1 aliphatic rings. The van der Waals surface area contributed by atoms with Gasteiger partial charge in [0.15, 0.2) is 0 Å². The van der Waals surface area contributed by atoms with Crippen LogP contribution in [0.15, 0.2) is 54.7 Å². The van der Waals surface area contributed by atoms with Crippen molar-refractivity contribution in [1.29, 1.82) is 5.26 Å². The van der Waals surface area contributed by atoms with Crippen molar-refractivity contribution >= 4 is 22.7 Å². The summed E-state index contributed by atoms with van der Waals surface area (Å²) in [5, 5.41) is 12.4. The summed E-state index contributed by atoms with van der Waals surface area (Å²) in [5.41, 5.74) is 2.74. The van der Waals surface area contributed by atoms with E-state index in [1.54, 1.807) is 30.5 Å². The lowest BCUT2D eigenvalue weighted by atomic mass is 10.0. The van der Waals surface area contributed by atoms with Crippen LogP contribution < -0.4 is 5.32 Å². The third kappa shape index (κ3) is 3.85. The number of likely N-dealkylation sites (tertiary alicyclic amines) is 1. The molecule has 0 saturated carbocycles. The molecule has 7 heteroatoms. The molecule has 1 atom stereocenters. The first-order valence-electron chi connectivity index (χ1n) is 9.69. The highest BCUT2D eigenvalue weighted by molar-refractivity contribution is 6.07. The van der Waals surface area contributed by atoms with Crippen LogP contribution in [0.4, 0.5) is 4.39 Å². The molecule has 2 heterocycles. The first-order valence-corrected chi connectivity index (χ1v) is 9.69. The third-order valence-electron chi connectivity index (χ3n) is 5.29. The van der Waals surface area contributed by atoms with E-state index in [9.17, 15) is 14.0 Å². The summed E-state index contributed by atoms with van der Waals surface area (Å²) in [4.78, 5) is 30.9. The van der Waals surface area contributed by atoms with Gasteiger partial charge in [0.2, 0.25) is 5.91 Å². The van der Waals surface area contributed by atoms with Crippen LogP contribution in [0.2, 0.25) is 0 Å². The van der Waals surface area contributed by atoms with E-state index in [0.717, 1.165) is 17.5 Å². The number of benzene rings is 2. The molecule has 150 valence electrons. The number of aromatic nitrogens is 1. The second-order valence-corrected chi connectivity index (χ2v) is 7.15. The summed E-state index contributed by atoms with van der Waals surface area (Å²) in [7, 11) is 0. The van der Waals surface area contributed by atoms with Crippen molar-refractivity contribution in [2.45, 2.75) is 18.9 Å². The van der Waals surface area contributed by atoms with Crippen LogP contribution in [0.5, 0.6) is 0 Å².